The Morgan fingerprint density at radius 2 is 1.89 bits per heavy atom. The van der Waals surface area contributed by atoms with Crippen LogP contribution in [0.1, 0.15) is 19.3 Å². The summed E-state index contributed by atoms with van der Waals surface area (Å²) in [6.07, 6.45) is -4.94. The van der Waals surface area contributed by atoms with E-state index in [4.69, 9.17) is 9.84 Å². The molecule has 1 N–H and O–H groups in total. The first-order chi connectivity index (χ1) is 8.32. The second-order valence-electron chi connectivity index (χ2n) is 4.41. The fourth-order valence-corrected chi connectivity index (χ4v) is 2.60. The Hall–Kier alpha value is -1.31. The van der Waals surface area contributed by atoms with Crippen molar-refractivity contribution in [3.8, 4) is 0 Å². The maximum Gasteiger partial charge on any atom is 0.471 e. The number of likely N-dealkylation sites (tertiary alicyclic amines) is 1. The average Bonchev–Trinajstić information content (AvgIpc) is 2.72. The summed E-state index contributed by atoms with van der Waals surface area (Å²) >= 11 is 0. The molecule has 2 aliphatic heterocycles. The normalized spacial score (nSPS) is 32.2. The average molecular weight is 267 g/mol. The van der Waals surface area contributed by atoms with E-state index in [-0.39, 0.29) is 19.4 Å². The number of nitrogens with zero attached hydrogens (tertiary/aromatic N) is 1. The first-order valence-electron chi connectivity index (χ1n) is 5.56. The summed E-state index contributed by atoms with van der Waals surface area (Å²) in [6.45, 7) is 0.253. The van der Waals surface area contributed by atoms with Gasteiger partial charge in [-0.15, -0.1) is 0 Å². The van der Waals surface area contributed by atoms with Crippen LogP contribution in [0.5, 0.6) is 0 Å². The number of piperidine rings is 1. The van der Waals surface area contributed by atoms with Crippen LogP contribution >= 0.6 is 0 Å². The molecule has 3 atom stereocenters. The third kappa shape index (κ3) is 2.16. The van der Waals surface area contributed by atoms with Crippen LogP contribution in [0.2, 0.25) is 0 Å². The van der Waals surface area contributed by atoms with Crippen LogP contribution < -0.4 is 0 Å². The Balaban J connectivity index is 2.29. The Morgan fingerprint density at radius 3 is 2.44 bits per heavy atom. The van der Waals surface area contributed by atoms with Gasteiger partial charge in [-0.05, 0) is 19.3 Å². The van der Waals surface area contributed by atoms with E-state index in [1.807, 2.05) is 0 Å². The number of halogens is 3. The summed E-state index contributed by atoms with van der Waals surface area (Å²) in [5, 5.41) is 8.94. The number of amides is 1. The number of rotatable bonds is 1. The predicted octanol–water partition coefficient (Wildman–Crippen LogP) is 0.782. The van der Waals surface area contributed by atoms with E-state index in [2.05, 4.69) is 0 Å². The van der Waals surface area contributed by atoms with E-state index in [9.17, 15) is 22.8 Å². The van der Waals surface area contributed by atoms with Gasteiger partial charge < -0.3 is 14.7 Å². The van der Waals surface area contributed by atoms with Crippen molar-refractivity contribution < 1.29 is 32.6 Å². The highest BCUT2D eigenvalue weighted by Crippen LogP contribution is 2.35. The monoisotopic (exact) mass is 267 g/mol. The number of hydrogen-bond acceptors (Lipinski definition) is 3. The topological polar surface area (TPSA) is 66.8 Å². The summed E-state index contributed by atoms with van der Waals surface area (Å²) in [7, 11) is 0. The standard InChI is InChI=1S/C10H12F3NO4/c11-10(12,13)9(17)14-5-3-4-18-7(5)2-1-6(14)8(15)16/h5-7H,1-4H2,(H,15,16)/t5-,6-,7-/m1/s1. The third-order valence-corrected chi connectivity index (χ3v) is 3.35. The predicted molar refractivity (Wildman–Crippen MR) is 51.7 cm³/mol. The van der Waals surface area contributed by atoms with Crippen LogP contribution in [0.4, 0.5) is 13.2 Å². The molecule has 0 aromatic carbocycles. The molecule has 2 heterocycles. The molecule has 0 bridgehead atoms. The molecule has 8 heteroatoms. The van der Waals surface area contributed by atoms with Crippen LogP contribution in [0, 0.1) is 0 Å². The number of aliphatic carboxylic acids is 1. The number of carboxylic acid groups (broad SMARTS) is 1. The van der Waals surface area contributed by atoms with Gasteiger partial charge in [-0.3, -0.25) is 4.79 Å². The molecule has 0 aromatic rings. The van der Waals surface area contributed by atoms with Crippen molar-refractivity contribution in [1.82, 2.24) is 4.90 Å². The van der Waals surface area contributed by atoms with Crippen LogP contribution in [0.3, 0.4) is 0 Å². The molecule has 1 amide bonds. The number of hydrogen-bond donors (Lipinski definition) is 1. The van der Waals surface area contributed by atoms with Crippen molar-refractivity contribution in [2.75, 3.05) is 6.61 Å². The van der Waals surface area contributed by atoms with Gasteiger partial charge in [0.2, 0.25) is 0 Å². The number of alkyl halides is 3. The molecule has 2 fully saturated rings. The SMILES string of the molecule is O=C(O)[C@H]1CC[C@H]2OCC[C@H]2N1C(=O)C(F)(F)F. The van der Waals surface area contributed by atoms with Gasteiger partial charge in [-0.25, -0.2) is 4.79 Å². The Kier molecular flexibility index (Phi) is 3.22. The zero-order valence-corrected chi connectivity index (χ0v) is 9.31. The third-order valence-electron chi connectivity index (χ3n) is 3.35. The summed E-state index contributed by atoms with van der Waals surface area (Å²) in [5.74, 6) is -3.49. The number of carbonyl (C=O) groups is 2. The van der Waals surface area contributed by atoms with Gasteiger partial charge in [0, 0.05) is 6.61 Å². The summed E-state index contributed by atoms with van der Waals surface area (Å²) in [5.41, 5.74) is 0. The maximum atomic E-state index is 12.5. The van der Waals surface area contributed by atoms with Crippen LogP contribution in [0.15, 0.2) is 0 Å². The molecule has 2 saturated heterocycles. The number of carboxylic acids is 1. The van der Waals surface area contributed by atoms with Crippen molar-refractivity contribution in [3.05, 3.63) is 0 Å². The second kappa shape index (κ2) is 4.42. The van der Waals surface area contributed by atoms with Crippen LogP contribution in [-0.2, 0) is 14.3 Å². The second-order valence-corrected chi connectivity index (χ2v) is 4.41. The quantitative estimate of drug-likeness (QED) is 0.762. The van der Waals surface area contributed by atoms with Gasteiger partial charge in [-0.1, -0.05) is 0 Å². The van der Waals surface area contributed by atoms with Gasteiger partial charge in [-0.2, -0.15) is 13.2 Å². The lowest BCUT2D eigenvalue weighted by Gasteiger charge is -2.41. The van der Waals surface area contributed by atoms with Gasteiger partial charge in [0.25, 0.3) is 0 Å². The summed E-state index contributed by atoms with van der Waals surface area (Å²) in [4.78, 5) is 22.8. The van der Waals surface area contributed by atoms with E-state index in [0.29, 0.717) is 11.3 Å². The van der Waals surface area contributed by atoms with Crippen molar-refractivity contribution in [3.63, 3.8) is 0 Å². The van der Waals surface area contributed by atoms with Gasteiger partial charge >= 0.3 is 18.1 Å². The van der Waals surface area contributed by atoms with Gasteiger partial charge in [0.1, 0.15) is 6.04 Å². The molecule has 0 saturated carbocycles. The van der Waals surface area contributed by atoms with E-state index >= 15 is 0 Å². The Morgan fingerprint density at radius 1 is 1.22 bits per heavy atom. The first-order valence-corrected chi connectivity index (χ1v) is 5.56. The zero-order valence-electron chi connectivity index (χ0n) is 9.31. The fraction of sp³-hybridized carbons (Fsp3) is 0.800. The molecule has 0 aromatic heterocycles. The highest BCUT2D eigenvalue weighted by Gasteiger charge is 2.53. The molecule has 0 unspecified atom stereocenters. The minimum absolute atomic E-state index is 0.0156. The molecule has 0 aliphatic carbocycles. The minimum atomic E-state index is -5.06. The zero-order chi connectivity index (χ0) is 13.5. The Bertz CT molecular complexity index is 371. The van der Waals surface area contributed by atoms with Gasteiger partial charge in [0.05, 0.1) is 12.1 Å². The lowest BCUT2D eigenvalue weighted by molar-refractivity contribution is -0.196. The van der Waals surface area contributed by atoms with Crippen molar-refractivity contribution in [2.45, 2.75) is 43.6 Å². The fourth-order valence-electron chi connectivity index (χ4n) is 2.60. The van der Waals surface area contributed by atoms with Crippen LogP contribution in [-0.4, -0.2) is 52.9 Å². The molecule has 2 aliphatic rings. The summed E-state index contributed by atoms with van der Waals surface area (Å²) < 4.78 is 42.7. The van der Waals surface area contributed by atoms with E-state index < -0.39 is 36.2 Å². The largest absolute Gasteiger partial charge is 0.480 e. The highest BCUT2D eigenvalue weighted by atomic mass is 19.4. The van der Waals surface area contributed by atoms with Crippen LogP contribution in [0.25, 0.3) is 0 Å². The van der Waals surface area contributed by atoms with Crippen molar-refractivity contribution in [1.29, 1.82) is 0 Å². The number of carbonyl (C=O) groups excluding carboxylic acids is 1. The lowest BCUT2D eigenvalue weighted by atomic mass is 9.92. The molecule has 2 rings (SSSR count). The Labute approximate surface area is 100 Å². The van der Waals surface area contributed by atoms with Gasteiger partial charge in [0.15, 0.2) is 0 Å². The van der Waals surface area contributed by atoms with E-state index in [0.717, 1.165) is 0 Å². The molecule has 18 heavy (non-hydrogen) atoms. The van der Waals surface area contributed by atoms with E-state index in [1.165, 1.54) is 0 Å². The lowest BCUT2D eigenvalue weighted by Crippen LogP contribution is -2.60. The molecule has 5 nitrogen and oxygen atoms in total. The maximum absolute atomic E-state index is 12.5. The molecule has 102 valence electrons. The molecule has 0 radical (unpaired) electrons. The first kappa shape index (κ1) is 13.1. The smallest absolute Gasteiger partial charge is 0.471 e. The summed E-state index contributed by atoms with van der Waals surface area (Å²) in [6, 6.07) is -2.20. The number of fused-ring (bicyclic) bond motifs is 1. The highest BCUT2D eigenvalue weighted by molar-refractivity contribution is 5.87. The molecule has 0 spiro atoms. The van der Waals surface area contributed by atoms with E-state index in [1.54, 1.807) is 0 Å². The molecular formula is C10H12F3NO4. The minimum Gasteiger partial charge on any atom is -0.480 e. The van der Waals surface area contributed by atoms with Crippen molar-refractivity contribution in [2.24, 2.45) is 0 Å². The molecular weight excluding hydrogens is 255 g/mol. The van der Waals surface area contributed by atoms with Crippen molar-refractivity contribution >= 4 is 11.9 Å². The number of ether oxygens (including phenoxy) is 1.